The van der Waals surface area contributed by atoms with Crippen molar-refractivity contribution in [3.05, 3.63) is 54.4 Å². The lowest BCUT2D eigenvalue weighted by Gasteiger charge is -2.27. The van der Waals surface area contributed by atoms with Crippen LogP contribution in [-0.4, -0.2) is 47.4 Å². The first-order valence-corrected chi connectivity index (χ1v) is 11.6. The molecule has 1 aliphatic heterocycles. The summed E-state index contributed by atoms with van der Waals surface area (Å²) in [5, 5.41) is 0.553. The molecule has 0 bridgehead atoms. The van der Waals surface area contributed by atoms with Crippen LogP contribution in [0.2, 0.25) is 0 Å². The summed E-state index contributed by atoms with van der Waals surface area (Å²) in [7, 11) is -3.46. The number of fused-ring (bicyclic) bond motifs is 1. The Hall–Kier alpha value is -2.36. The smallest absolute Gasteiger partial charge is 0.247 e. The SMILES string of the molecule is CS(=O)(=O)N1CCCC1C(=O)N(Cc1ccccn1)c1nc2ccccc2s1. The monoisotopic (exact) mass is 416 g/mol. The molecule has 1 saturated heterocycles. The number of pyridine rings is 1. The van der Waals surface area contributed by atoms with Crippen molar-refractivity contribution in [2.75, 3.05) is 17.7 Å². The first-order valence-electron chi connectivity index (χ1n) is 8.97. The molecule has 0 saturated carbocycles. The summed E-state index contributed by atoms with van der Waals surface area (Å²) in [4.78, 5) is 24.0. The molecule has 7 nitrogen and oxygen atoms in total. The lowest BCUT2D eigenvalue weighted by atomic mass is 10.2. The van der Waals surface area contributed by atoms with Crippen LogP contribution in [0.4, 0.5) is 5.13 Å². The van der Waals surface area contributed by atoms with Gasteiger partial charge in [0, 0.05) is 12.7 Å². The summed E-state index contributed by atoms with van der Waals surface area (Å²) >= 11 is 1.42. The minimum atomic E-state index is -3.46. The van der Waals surface area contributed by atoms with E-state index in [1.165, 1.54) is 15.6 Å². The zero-order valence-corrected chi connectivity index (χ0v) is 17.0. The number of aromatic nitrogens is 2. The van der Waals surface area contributed by atoms with Crippen molar-refractivity contribution in [3.63, 3.8) is 0 Å². The largest absolute Gasteiger partial charge is 0.281 e. The molecule has 3 aromatic rings. The first kappa shape index (κ1) is 19.0. The third-order valence-corrected chi connectivity index (χ3v) is 7.09. The van der Waals surface area contributed by atoms with Gasteiger partial charge in [-0.2, -0.15) is 4.31 Å². The molecule has 2 aromatic heterocycles. The minimum absolute atomic E-state index is 0.244. The second-order valence-corrected chi connectivity index (χ2v) is 9.69. The van der Waals surface area contributed by atoms with E-state index in [0.29, 0.717) is 24.5 Å². The van der Waals surface area contributed by atoms with Crippen molar-refractivity contribution in [2.45, 2.75) is 25.4 Å². The van der Waals surface area contributed by atoms with Crippen molar-refractivity contribution in [3.8, 4) is 0 Å². The number of thiazole rings is 1. The van der Waals surface area contributed by atoms with Gasteiger partial charge >= 0.3 is 0 Å². The van der Waals surface area contributed by atoms with Crippen molar-refractivity contribution >= 4 is 42.6 Å². The maximum atomic E-state index is 13.4. The number of anilines is 1. The van der Waals surface area contributed by atoms with Gasteiger partial charge in [0.2, 0.25) is 15.9 Å². The number of rotatable bonds is 5. The Morgan fingerprint density at radius 3 is 2.75 bits per heavy atom. The molecule has 1 aliphatic rings. The standard InChI is InChI=1S/C19H20N4O3S2/c1-28(25,26)23-12-6-9-16(23)18(24)22(13-14-7-4-5-11-20-14)19-21-15-8-2-3-10-17(15)27-19/h2-5,7-8,10-11,16H,6,9,12-13H2,1H3. The molecular weight excluding hydrogens is 396 g/mol. The average molecular weight is 417 g/mol. The first-order chi connectivity index (χ1) is 13.4. The molecule has 1 atom stereocenters. The van der Waals surface area contributed by atoms with Gasteiger partial charge in [-0.3, -0.25) is 14.7 Å². The Morgan fingerprint density at radius 2 is 2.04 bits per heavy atom. The fourth-order valence-electron chi connectivity index (χ4n) is 3.43. The number of sulfonamides is 1. The van der Waals surface area contributed by atoms with Gasteiger partial charge in [-0.25, -0.2) is 13.4 Å². The van der Waals surface area contributed by atoms with E-state index in [-0.39, 0.29) is 12.5 Å². The second-order valence-electron chi connectivity index (χ2n) is 6.74. The maximum Gasteiger partial charge on any atom is 0.247 e. The van der Waals surface area contributed by atoms with E-state index in [0.717, 1.165) is 22.2 Å². The van der Waals surface area contributed by atoms with Crippen LogP contribution < -0.4 is 4.90 Å². The lowest BCUT2D eigenvalue weighted by Crippen LogP contribution is -2.47. The van der Waals surface area contributed by atoms with Crippen LogP contribution in [0.15, 0.2) is 48.7 Å². The second kappa shape index (κ2) is 7.57. The van der Waals surface area contributed by atoms with Crippen LogP contribution >= 0.6 is 11.3 Å². The molecule has 3 heterocycles. The van der Waals surface area contributed by atoms with Gasteiger partial charge in [0.15, 0.2) is 5.13 Å². The van der Waals surface area contributed by atoms with Crippen LogP contribution in [0, 0.1) is 0 Å². The van der Waals surface area contributed by atoms with Gasteiger partial charge in [0.1, 0.15) is 6.04 Å². The van der Waals surface area contributed by atoms with E-state index in [4.69, 9.17) is 0 Å². The summed E-state index contributed by atoms with van der Waals surface area (Å²) in [6.45, 7) is 0.611. The maximum absolute atomic E-state index is 13.4. The van der Waals surface area contributed by atoms with Gasteiger partial charge in [-0.05, 0) is 37.1 Å². The van der Waals surface area contributed by atoms with E-state index in [1.54, 1.807) is 11.1 Å². The van der Waals surface area contributed by atoms with Crippen molar-refractivity contribution in [2.24, 2.45) is 0 Å². The van der Waals surface area contributed by atoms with Crippen LogP contribution in [0.5, 0.6) is 0 Å². The zero-order valence-electron chi connectivity index (χ0n) is 15.4. The number of benzene rings is 1. The molecule has 0 radical (unpaired) electrons. The van der Waals surface area contributed by atoms with Crippen LogP contribution in [0.25, 0.3) is 10.2 Å². The van der Waals surface area contributed by atoms with Crippen LogP contribution in [0.3, 0.4) is 0 Å². The summed E-state index contributed by atoms with van der Waals surface area (Å²) < 4.78 is 26.5. The summed E-state index contributed by atoms with van der Waals surface area (Å²) in [6, 6.07) is 12.5. The van der Waals surface area contributed by atoms with Crippen LogP contribution in [-0.2, 0) is 21.4 Å². The van der Waals surface area contributed by atoms with Gasteiger partial charge in [-0.15, -0.1) is 0 Å². The highest BCUT2D eigenvalue weighted by atomic mass is 32.2. The lowest BCUT2D eigenvalue weighted by molar-refractivity contribution is -0.121. The molecule has 9 heteroatoms. The highest BCUT2D eigenvalue weighted by Gasteiger charge is 2.39. The molecule has 1 unspecified atom stereocenters. The third kappa shape index (κ3) is 3.78. The molecule has 1 fully saturated rings. The van der Waals surface area contributed by atoms with E-state index in [9.17, 15) is 13.2 Å². The van der Waals surface area contributed by atoms with E-state index in [1.807, 2.05) is 42.5 Å². The van der Waals surface area contributed by atoms with E-state index >= 15 is 0 Å². The third-order valence-electron chi connectivity index (χ3n) is 4.74. The molecule has 0 aliphatic carbocycles. The highest BCUT2D eigenvalue weighted by Crippen LogP contribution is 2.32. The van der Waals surface area contributed by atoms with Crippen LogP contribution in [0.1, 0.15) is 18.5 Å². The summed E-state index contributed by atoms with van der Waals surface area (Å²) in [5.74, 6) is -0.257. The minimum Gasteiger partial charge on any atom is -0.281 e. The Balaban J connectivity index is 1.73. The Kier molecular flexibility index (Phi) is 5.13. The number of hydrogen-bond acceptors (Lipinski definition) is 6. The van der Waals surface area contributed by atoms with Gasteiger partial charge in [0.25, 0.3) is 0 Å². The predicted octanol–water partition coefficient (Wildman–Crippen LogP) is 2.65. The average Bonchev–Trinajstić information content (AvgIpc) is 3.33. The molecule has 0 N–H and O–H groups in total. The summed E-state index contributed by atoms with van der Waals surface area (Å²) in [5.41, 5.74) is 1.53. The van der Waals surface area contributed by atoms with Gasteiger partial charge < -0.3 is 0 Å². The molecule has 0 spiro atoms. The highest BCUT2D eigenvalue weighted by molar-refractivity contribution is 7.88. The Labute approximate surface area is 167 Å². The summed E-state index contributed by atoms with van der Waals surface area (Å²) in [6.07, 6.45) is 4.00. The van der Waals surface area contributed by atoms with Gasteiger partial charge in [0.05, 0.1) is 28.7 Å². The normalized spacial score (nSPS) is 17.8. The fraction of sp³-hybridized carbons (Fsp3) is 0.316. The number of carbonyl (C=O) groups is 1. The molecular formula is C19H20N4O3S2. The van der Waals surface area contributed by atoms with E-state index < -0.39 is 16.1 Å². The number of carbonyl (C=O) groups excluding carboxylic acids is 1. The quantitative estimate of drug-likeness (QED) is 0.638. The Morgan fingerprint density at radius 1 is 1.25 bits per heavy atom. The number of nitrogens with zero attached hydrogens (tertiary/aromatic N) is 4. The Bertz CT molecular complexity index is 1070. The zero-order chi connectivity index (χ0) is 19.7. The van der Waals surface area contributed by atoms with Crippen molar-refractivity contribution in [1.82, 2.24) is 14.3 Å². The number of hydrogen-bond donors (Lipinski definition) is 0. The molecule has 1 amide bonds. The topological polar surface area (TPSA) is 83.5 Å². The molecule has 4 rings (SSSR count). The number of para-hydroxylation sites is 1. The van der Waals surface area contributed by atoms with Gasteiger partial charge in [-0.1, -0.05) is 29.5 Å². The van der Waals surface area contributed by atoms with Crippen molar-refractivity contribution in [1.29, 1.82) is 0 Å². The molecule has 146 valence electrons. The fourth-order valence-corrected chi connectivity index (χ4v) is 5.52. The number of amides is 1. The van der Waals surface area contributed by atoms with Crippen molar-refractivity contribution < 1.29 is 13.2 Å². The van der Waals surface area contributed by atoms with E-state index in [2.05, 4.69) is 9.97 Å². The molecule has 1 aromatic carbocycles. The predicted molar refractivity (Wildman–Crippen MR) is 110 cm³/mol. The molecule has 28 heavy (non-hydrogen) atoms.